The average Bonchev–Trinajstić information content (AvgIpc) is 3.75. The van der Waals surface area contributed by atoms with Crippen LogP contribution >= 0.6 is 11.3 Å². The smallest absolute Gasteiger partial charge is 0.338 e. The highest BCUT2D eigenvalue weighted by Crippen LogP contribution is 2.40. The van der Waals surface area contributed by atoms with Gasteiger partial charge >= 0.3 is 5.97 Å². The van der Waals surface area contributed by atoms with Gasteiger partial charge < -0.3 is 23.5 Å². The molecule has 10 heteroatoms. The maximum atomic E-state index is 14.4. The molecule has 1 saturated heterocycles. The van der Waals surface area contributed by atoms with Crippen molar-refractivity contribution in [2.75, 3.05) is 27.4 Å². The number of benzene rings is 2. The van der Waals surface area contributed by atoms with Gasteiger partial charge in [0.05, 0.1) is 42.7 Å². The minimum atomic E-state index is -0.880. The summed E-state index contributed by atoms with van der Waals surface area (Å²) in [6.45, 7) is 7.65. The fraction of sp³-hybridized carbons (Fsp3) is 0.343. The number of methoxy groups -OCH3 is 2. The molecule has 2 atom stereocenters. The molecule has 0 aliphatic carbocycles. The molecule has 6 rings (SSSR count). The number of carbonyl (C=O) groups is 1. The van der Waals surface area contributed by atoms with Crippen molar-refractivity contribution in [3.05, 3.63) is 108 Å². The average molecular weight is 628 g/mol. The van der Waals surface area contributed by atoms with Crippen LogP contribution in [0.25, 0.3) is 11.8 Å². The normalized spacial score (nSPS) is 18.1. The van der Waals surface area contributed by atoms with E-state index in [4.69, 9.17) is 23.9 Å². The Bertz CT molecular complexity index is 1950. The van der Waals surface area contributed by atoms with Gasteiger partial charge in [0.15, 0.2) is 4.80 Å². The van der Waals surface area contributed by atoms with E-state index in [1.807, 2.05) is 36.4 Å². The molecule has 2 aromatic heterocycles. The van der Waals surface area contributed by atoms with Crippen molar-refractivity contribution in [2.45, 2.75) is 52.3 Å². The van der Waals surface area contributed by atoms with Crippen molar-refractivity contribution in [2.24, 2.45) is 4.99 Å². The van der Waals surface area contributed by atoms with Crippen molar-refractivity contribution in [1.82, 2.24) is 9.13 Å². The van der Waals surface area contributed by atoms with Crippen molar-refractivity contribution in [3.63, 3.8) is 0 Å². The molecule has 4 aromatic rings. The molecule has 2 aliphatic heterocycles. The van der Waals surface area contributed by atoms with E-state index in [0.29, 0.717) is 32.1 Å². The molecule has 0 unspecified atom stereocenters. The van der Waals surface area contributed by atoms with Gasteiger partial charge in [0.25, 0.3) is 5.56 Å². The standard InChI is InChI=1S/C35H37N3O6S/c1-6-43-34(40)30-31(23-11-8-7-9-12-23)36-35-38(32(30)27-19-25(41-4)14-15-28(27)42-5)33(39)29(45-35)18-24-17-21(2)37(22(24)3)20-26-13-10-16-44-26/h7-9,11-12,14-15,17-19,26,32H,6,10,13,16,20H2,1-5H3/b29-18-/t26-,32-/m0/s1. The lowest BCUT2D eigenvalue weighted by molar-refractivity contribution is -0.138. The van der Waals surface area contributed by atoms with Crippen LogP contribution in [0.3, 0.4) is 0 Å². The van der Waals surface area contributed by atoms with Crippen LogP contribution in [-0.2, 0) is 20.8 Å². The second-order valence-electron chi connectivity index (χ2n) is 11.1. The van der Waals surface area contributed by atoms with Gasteiger partial charge in [0.2, 0.25) is 0 Å². The number of thiazole rings is 1. The van der Waals surface area contributed by atoms with E-state index in [0.717, 1.165) is 48.5 Å². The van der Waals surface area contributed by atoms with E-state index in [1.165, 1.54) is 11.3 Å². The van der Waals surface area contributed by atoms with Gasteiger partial charge in [-0.1, -0.05) is 41.7 Å². The van der Waals surface area contributed by atoms with E-state index in [2.05, 4.69) is 24.5 Å². The molecule has 0 spiro atoms. The highest BCUT2D eigenvalue weighted by Gasteiger charge is 2.37. The maximum absolute atomic E-state index is 14.4. The largest absolute Gasteiger partial charge is 0.497 e. The molecule has 1 fully saturated rings. The summed E-state index contributed by atoms with van der Waals surface area (Å²) >= 11 is 1.30. The van der Waals surface area contributed by atoms with E-state index < -0.39 is 12.0 Å². The zero-order valence-corrected chi connectivity index (χ0v) is 27.0. The van der Waals surface area contributed by atoms with Crippen LogP contribution in [0, 0.1) is 13.8 Å². The number of rotatable bonds is 9. The summed E-state index contributed by atoms with van der Waals surface area (Å²) < 4.78 is 27.2. The molecule has 0 saturated carbocycles. The third-order valence-corrected chi connectivity index (χ3v) is 9.40. The Kier molecular flexibility index (Phi) is 8.78. The second kappa shape index (κ2) is 12.9. The Morgan fingerprint density at radius 2 is 1.91 bits per heavy atom. The quantitative estimate of drug-likeness (QED) is 0.253. The van der Waals surface area contributed by atoms with Crippen molar-refractivity contribution < 1.29 is 23.7 Å². The van der Waals surface area contributed by atoms with Gasteiger partial charge in [-0.25, -0.2) is 9.79 Å². The molecule has 0 radical (unpaired) electrons. The topological polar surface area (TPSA) is 93.3 Å². The minimum absolute atomic E-state index is 0.165. The zero-order valence-electron chi connectivity index (χ0n) is 26.2. The Balaban J connectivity index is 1.60. The van der Waals surface area contributed by atoms with Gasteiger partial charge in [-0.15, -0.1) is 0 Å². The number of aryl methyl sites for hydroxylation is 1. The Morgan fingerprint density at radius 1 is 1.11 bits per heavy atom. The minimum Gasteiger partial charge on any atom is -0.497 e. The van der Waals surface area contributed by atoms with Gasteiger partial charge in [0.1, 0.15) is 17.5 Å². The molecular formula is C35H37N3O6S. The van der Waals surface area contributed by atoms with Crippen molar-refractivity contribution in [3.8, 4) is 11.5 Å². The SMILES string of the molecule is CCOC(=O)C1=C(c2ccccc2)N=c2s/c(=C\c3cc(C)n(C[C@@H]4CCCO4)c3C)c(=O)n2[C@H]1c1cc(OC)ccc1OC. The van der Waals surface area contributed by atoms with E-state index in [9.17, 15) is 9.59 Å². The predicted molar refractivity (Wildman–Crippen MR) is 173 cm³/mol. The summed E-state index contributed by atoms with van der Waals surface area (Å²) in [5, 5.41) is 0. The van der Waals surface area contributed by atoms with Crippen LogP contribution in [0.2, 0.25) is 0 Å². The summed E-state index contributed by atoms with van der Waals surface area (Å²) in [4.78, 5) is 33.7. The van der Waals surface area contributed by atoms with Crippen LogP contribution in [0.1, 0.15) is 53.9 Å². The number of aromatic nitrogens is 2. The Hall–Kier alpha value is -4.41. The van der Waals surface area contributed by atoms with Crippen molar-refractivity contribution in [1.29, 1.82) is 0 Å². The van der Waals surface area contributed by atoms with E-state index in [1.54, 1.807) is 43.9 Å². The second-order valence-corrected chi connectivity index (χ2v) is 12.1. The first-order valence-corrected chi connectivity index (χ1v) is 15.9. The number of hydrogen-bond acceptors (Lipinski definition) is 8. The van der Waals surface area contributed by atoms with Crippen LogP contribution < -0.4 is 24.4 Å². The number of fused-ring (bicyclic) bond motifs is 1. The highest BCUT2D eigenvalue weighted by molar-refractivity contribution is 7.07. The van der Waals surface area contributed by atoms with Gasteiger partial charge in [-0.05, 0) is 69.5 Å². The van der Waals surface area contributed by atoms with E-state index in [-0.39, 0.29) is 23.8 Å². The molecule has 0 N–H and O–H groups in total. The third-order valence-electron chi connectivity index (χ3n) is 8.41. The summed E-state index contributed by atoms with van der Waals surface area (Å²) in [7, 11) is 3.14. The zero-order chi connectivity index (χ0) is 31.7. The molecule has 4 heterocycles. The molecule has 2 aromatic carbocycles. The predicted octanol–water partition coefficient (Wildman–Crippen LogP) is 4.55. The fourth-order valence-electron chi connectivity index (χ4n) is 6.18. The first-order chi connectivity index (χ1) is 21.8. The molecule has 0 bridgehead atoms. The lowest BCUT2D eigenvalue weighted by atomic mass is 9.92. The number of esters is 1. The Morgan fingerprint density at radius 3 is 2.60 bits per heavy atom. The summed E-state index contributed by atoms with van der Waals surface area (Å²) in [6.07, 6.45) is 4.25. The summed E-state index contributed by atoms with van der Waals surface area (Å²) in [5.74, 6) is 0.513. The monoisotopic (exact) mass is 627 g/mol. The van der Waals surface area contributed by atoms with E-state index >= 15 is 0 Å². The fourth-order valence-corrected chi connectivity index (χ4v) is 7.17. The molecule has 0 amide bonds. The molecule has 45 heavy (non-hydrogen) atoms. The van der Waals surface area contributed by atoms with Gasteiger partial charge in [-0.3, -0.25) is 9.36 Å². The third kappa shape index (κ3) is 5.76. The van der Waals surface area contributed by atoms with Crippen molar-refractivity contribution >= 4 is 29.1 Å². The number of hydrogen-bond donors (Lipinski definition) is 0. The summed E-state index contributed by atoms with van der Waals surface area (Å²) in [6, 6.07) is 16.1. The molecule has 9 nitrogen and oxygen atoms in total. The van der Waals surface area contributed by atoms with Crippen LogP contribution in [-0.4, -0.2) is 48.6 Å². The first-order valence-electron chi connectivity index (χ1n) is 15.1. The van der Waals surface area contributed by atoms with Crippen LogP contribution in [0.5, 0.6) is 11.5 Å². The molecule has 2 aliphatic rings. The first kappa shape index (κ1) is 30.6. The van der Waals surface area contributed by atoms with Gasteiger partial charge in [0, 0.05) is 35.7 Å². The van der Waals surface area contributed by atoms with Crippen LogP contribution in [0.4, 0.5) is 0 Å². The maximum Gasteiger partial charge on any atom is 0.338 e. The molecule has 234 valence electrons. The lowest BCUT2D eigenvalue weighted by Crippen LogP contribution is -2.40. The van der Waals surface area contributed by atoms with Gasteiger partial charge in [-0.2, -0.15) is 0 Å². The number of nitrogens with zero attached hydrogens (tertiary/aromatic N) is 3. The highest BCUT2D eigenvalue weighted by atomic mass is 32.1. The van der Waals surface area contributed by atoms with Crippen LogP contribution in [0.15, 0.2) is 70.0 Å². The summed E-state index contributed by atoms with van der Waals surface area (Å²) in [5.41, 5.74) is 4.91. The number of carbonyl (C=O) groups excluding carboxylic acids is 1. The molecular weight excluding hydrogens is 590 g/mol. The number of ether oxygens (including phenoxy) is 4. The lowest BCUT2D eigenvalue weighted by Gasteiger charge is -2.27. The Labute approximate surface area is 265 Å².